The summed E-state index contributed by atoms with van der Waals surface area (Å²) in [6.07, 6.45) is 0.653. The predicted molar refractivity (Wildman–Crippen MR) is 93.6 cm³/mol. The van der Waals surface area contributed by atoms with Gasteiger partial charge in [-0.05, 0) is 28.8 Å². The van der Waals surface area contributed by atoms with Gasteiger partial charge in [0.25, 0.3) is 0 Å². The molecule has 6 heteroatoms. The third kappa shape index (κ3) is 4.37. The zero-order chi connectivity index (χ0) is 16.8. The summed E-state index contributed by atoms with van der Waals surface area (Å²) < 4.78 is 18.2. The van der Waals surface area contributed by atoms with Crippen LogP contribution in [0, 0.1) is 5.82 Å². The molecule has 3 aromatic rings. The third-order valence-corrected chi connectivity index (χ3v) is 4.46. The number of rotatable bonds is 7. The van der Waals surface area contributed by atoms with E-state index in [9.17, 15) is 4.39 Å². The Bertz CT molecular complexity index is 789. The third-order valence-electron chi connectivity index (χ3n) is 3.58. The lowest BCUT2D eigenvalue weighted by molar-refractivity contribution is 0.184. The average molecular weight is 343 g/mol. The molecule has 0 atom stereocenters. The SMILES string of the molecule is COCc1ccccc1CNc1nnc(Cc2ccc(F)cc2)s1. The van der Waals surface area contributed by atoms with E-state index in [0.29, 0.717) is 19.6 Å². The topological polar surface area (TPSA) is 47.0 Å². The molecule has 3 rings (SSSR count). The van der Waals surface area contributed by atoms with Crippen LogP contribution in [0.15, 0.2) is 48.5 Å². The largest absolute Gasteiger partial charge is 0.380 e. The van der Waals surface area contributed by atoms with Gasteiger partial charge in [-0.3, -0.25) is 0 Å². The van der Waals surface area contributed by atoms with E-state index in [-0.39, 0.29) is 5.82 Å². The molecular weight excluding hydrogens is 325 g/mol. The van der Waals surface area contributed by atoms with Crippen LogP contribution in [-0.2, 0) is 24.3 Å². The maximum absolute atomic E-state index is 12.9. The maximum atomic E-state index is 12.9. The van der Waals surface area contributed by atoms with E-state index in [1.165, 1.54) is 29.0 Å². The molecule has 0 unspecified atom stereocenters. The molecule has 0 saturated heterocycles. The second-order valence-corrected chi connectivity index (χ2v) is 6.42. The average Bonchev–Trinajstić information content (AvgIpc) is 3.04. The van der Waals surface area contributed by atoms with Crippen LogP contribution in [0.25, 0.3) is 0 Å². The van der Waals surface area contributed by atoms with Gasteiger partial charge in [-0.25, -0.2) is 4.39 Å². The zero-order valence-electron chi connectivity index (χ0n) is 13.3. The maximum Gasteiger partial charge on any atom is 0.205 e. The first kappa shape index (κ1) is 16.5. The summed E-state index contributed by atoms with van der Waals surface area (Å²) in [5, 5.41) is 13.3. The van der Waals surface area contributed by atoms with Crippen LogP contribution in [0.2, 0.25) is 0 Å². The molecule has 0 spiro atoms. The lowest BCUT2D eigenvalue weighted by atomic mass is 10.1. The van der Waals surface area contributed by atoms with Gasteiger partial charge in [0.15, 0.2) is 0 Å². The van der Waals surface area contributed by atoms with Crippen molar-refractivity contribution in [3.63, 3.8) is 0 Å². The first-order valence-corrected chi connectivity index (χ1v) is 8.42. The van der Waals surface area contributed by atoms with E-state index in [0.717, 1.165) is 21.3 Å². The summed E-state index contributed by atoms with van der Waals surface area (Å²) in [6, 6.07) is 14.6. The van der Waals surface area contributed by atoms with Gasteiger partial charge < -0.3 is 10.1 Å². The second kappa shape index (κ2) is 7.99. The second-order valence-electron chi connectivity index (χ2n) is 5.36. The predicted octanol–water partition coefficient (Wildman–Crippen LogP) is 4.03. The molecule has 0 amide bonds. The van der Waals surface area contributed by atoms with Crippen molar-refractivity contribution in [1.82, 2.24) is 10.2 Å². The van der Waals surface area contributed by atoms with Gasteiger partial charge in [-0.15, -0.1) is 10.2 Å². The number of benzene rings is 2. The van der Waals surface area contributed by atoms with Crippen molar-refractivity contribution in [2.45, 2.75) is 19.6 Å². The van der Waals surface area contributed by atoms with E-state index < -0.39 is 0 Å². The van der Waals surface area contributed by atoms with Crippen LogP contribution < -0.4 is 5.32 Å². The number of hydrogen-bond acceptors (Lipinski definition) is 5. The molecule has 1 heterocycles. The number of anilines is 1. The van der Waals surface area contributed by atoms with Gasteiger partial charge in [0.2, 0.25) is 5.13 Å². The van der Waals surface area contributed by atoms with Crippen molar-refractivity contribution >= 4 is 16.5 Å². The van der Waals surface area contributed by atoms with E-state index in [1.54, 1.807) is 19.2 Å². The Morgan fingerprint density at radius 1 is 1.04 bits per heavy atom. The Morgan fingerprint density at radius 3 is 2.54 bits per heavy atom. The van der Waals surface area contributed by atoms with Crippen LogP contribution in [0.3, 0.4) is 0 Å². The Labute approximate surface area is 144 Å². The highest BCUT2D eigenvalue weighted by Gasteiger charge is 2.07. The molecule has 0 fully saturated rings. The number of hydrogen-bond donors (Lipinski definition) is 1. The molecule has 24 heavy (non-hydrogen) atoms. The fourth-order valence-electron chi connectivity index (χ4n) is 2.37. The molecule has 124 valence electrons. The highest BCUT2D eigenvalue weighted by molar-refractivity contribution is 7.15. The molecule has 0 bridgehead atoms. The highest BCUT2D eigenvalue weighted by atomic mass is 32.1. The van der Waals surface area contributed by atoms with Crippen molar-refractivity contribution < 1.29 is 9.13 Å². The van der Waals surface area contributed by atoms with Gasteiger partial charge in [-0.1, -0.05) is 47.7 Å². The van der Waals surface area contributed by atoms with Crippen LogP contribution in [-0.4, -0.2) is 17.3 Å². The summed E-state index contributed by atoms with van der Waals surface area (Å²) in [7, 11) is 1.69. The van der Waals surface area contributed by atoms with Crippen molar-refractivity contribution in [1.29, 1.82) is 0 Å². The molecule has 1 N–H and O–H groups in total. The quantitative estimate of drug-likeness (QED) is 0.704. The first-order chi connectivity index (χ1) is 11.7. The van der Waals surface area contributed by atoms with Gasteiger partial charge in [-0.2, -0.15) is 0 Å². The van der Waals surface area contributed by atoms with Crippen LogP contribution >= 0.6 is 11.3 Å². The molecule has 0 aliphatic rings. The van der Waals surface area contributed by atoms with E-state index >= 15 is 0 Å². The monoisotopic (exact) mass is 343 g/mol. The van der Waals surface area contributed by atoms with Crippen LogP contribution in [0.5, 0.6) is 0 Å². The zero-order valence-corrected chi connectivity index (χ0v) is 14.1. The lowest BCUT2D eigenvalue weighted by Gasteiger charge is -2.08. The molecule has 0 aliphatic heterocycles. The smallest absolute Gasteiger partial charge is 0.205 e. The number of methoxy groups -OCH3 is 1. The Balaban J connectivity index is 1.61. The Kier molecular flexibility index (Phi) is 5.51. The van der Waals surface area contributed by atoms with E-state index in [4.69, 9.17) is 4.74 Å². The number of nitrogens with one attached hydrogen (secondary N) is 1. The van der Waals surface area contributed by atoms with E-state index in [1.807, 2.05) is 12.1 Å². The number of ether oxygens (including phenoxy) is 1. The first-order valence-electron chi connectivity index (χ1n) is 7.61. The van der Waals surface area contributed by atoms with Crippen molar-refractivity contribution in [2.24, 2.45) is 0 Å². The Morgan fingerprint density at radius 2 is 1.79 bits per heavy atom. The van der Waals surface area contributed by atoms with Gasteiger partial charge >= 0.3 is 0 Å². The van der Waals surface area contributed by atoms with Crippen LogP contribution in [0.4, 0.5) is 9.52 Å². The molecule has 2 aromatic carbocycles. The molecule has 4 nitrogen and oxygen atoms in total. The molecule has 0 aliphatic carbocycles. The normalized spacial score (nSPS) is 10.8. The Hall–Kier alpha value is -2.31. The summed E-state index contributed by atoms with van der Waals surface area (Å²) in [5.41, 5.74) is 3.35. The molecule has 0 radical (unpaired) electrons. The molecule has 1 aromatic heterocycles. The summed E-state index contributed by atoms with van der Waals surface area (Å²) in [4.78, 5) is 0. The fraction of sp³-hybridized carbons (Fsp3) is 0.222. The fourth-order valence-corrected chi connectivity index (χ4v) is 3.14. The summed E-state index contributed by atoms with van der Waals surface area (Å²) >= 11 is 1.51. The lowest BCUT2D eigenvalue weighted by Crippen LogP contribution is -2.03. The van der Waals surface area contributed by atoms with Crippen molar-refractivity contribution in [2.75, 3.05) is 12.4 Å². The summed E-state index contributed by atoms with van der Waals surface area (Å²) in [5.74, 6) is -0.229. The highest BCUT2D eigenvalue weighted by Crippen LogP contribution is 2.20. The minimum absolute atomic E-state index is 0.229. The minimum Gasteiger partial charge on any atom is -0.380 e. The number of aromatic nitrogens is 2. The van der Waals surface area contributed by atoms with Gasteiger partial charge in [0, 0.05) is 20.1 Å². The molecular formula is C18H18FN3OS. The van der Waals surface area contributed by atoms with E-state index in [2.05, 4.69) is 27.6 Å². The van der Waals surface area contributed by atoms with Gasteiger partial charge in [0.1, 0.15) is 10.8 Å². The minimum atomic E-state index is -0.229. The number of halogens is 1. The summed E-state index contributed by atoms with van der Waals surface area (Å²) in [6.45, 7) is 1.26. The van der Waals surface area contributed by atoms with Crippen LogP contribution in [0.1, 0.15) is 21.7 Å². The van der Waals surface area contributed by atoms with Crippen molar-refractivity contribution in [3.8, 4) is 0 Å². The standard InChI is InChI=1S/C18H18FN3OS/c1-23-12-15-5-3-2-4-14(15)11-20-18-22-21-17(24-18)10-13-6-8-16(19)9-7-13/h2-9H,10-12H2,1H3,(H,20,22). The van der Waals surface area contributed by atoms with Gasteiger partial charge in [0.05, 0.1) is 6.61 Å². The number of nitrogens with zero attached hydrogens (tertiary/aromatic N) is 2. The van der Waals surface area contributed by atoms with Crippen molar-refractivity contribution in [3.05, 3.63) is 76.0 Å². The molecule has 0 saturated carbocycles.